The molecule has 156 valence electrons. The van der Waals surface area contributed by atoms with Crippen molar-refractivity contribution in [1.82, 2.24) is 4.90 Å². The van der Waals surface area contributed by atoms with E-state index in [0.29, 0.717) is 6.61 Å². The van der Waals surface area contributed by atoms with Crippen molar-refractivity contribution in [3.05, 3.63) is 65.4 Å². The zero-order valence-corrected chi connectivity index (χ0v) is 18.2. The zero-order valence-electron chi connectivity index (χ0n) is 17.4. The number of benzene rings is 2. The number of nitrogens with zero attached hydrogens (tertiary/aromatic N) is 1. The van der Waals surface area contributed by atoms with Crippen LogP contribution >= 0.6 is 11.6 Å². The van der Waals surface area contributed by atoms with Gasteiger partial charge in [0.05, 0.1) is 18.2 Å². The fraction of sp³-hybridized carbons (Fsp3) is 0.320. The van der Waals surface area contributed by atoms with Gasteiger partial charge in [-0.2, -0.15) is 0 Å². The van der Waals surface area contributed by atoms with E-state index in [9.17, 15) is 4.79 Å². The minimum Gasteiger partial charge on any atom is -0.466 e. The second-order valence-corrected chi connectivity index (χ2v) is 8.17. The standard InChI is InChI=1S/C25H26ClNO3/c1-4-29-25(28)19-11-13-27(14-12-19)17(3)24-16(2)22-10-7-20(15-23(22)30-24)18-5-8-21(26)9-6-18/h5-10,15,19H,3-4,11-14H2,1-2H3. The van der Waals surface area contributed by atoms with Gasteiger partial charge < -0.3 is 14.1 Å². The molecule has 0 saturated carbocycles. The van der Waals surface area contributed by atoms with Crippen molar-refractivity contribution in [1.29, 1.82) is 0 Å². The summed E-state index contributed by atoms with van der Waals surface area (Å²) in [4.78, 5) is 14.2. The molecule has 0 amide bonds. The maximum atomic E-state index is 12.0. The fourth-order valence-corrected chi connectivity index (χ4v) is 4.24. The average Bonchev–Trinajstić information content (AvgIpc) is 3.10. The topological polar surface area (TPSA) is 42.7 Å². The van der Waals surface area contributed by atoms with Gasteiger partial charge in [0.2, 0.25) is 0 Å². The molecule has 2 aromatic carbocycles. The molecular formula is C25H26ClNO3. The highest BCUT2D eigenvalue weighted by atomic mass is 35.5. The average molecular weight is 424 g/mol. The summed E-state index contributed by atoms with van der Waals surface area (Å²) in [6.07, 6.45) is 1.55. The first kappa shape index (κ1) is 20.5. The van der Waals surface area contributed by atoms with Gasteiger partial charge in [0.15, 0.2) is 5.76 Å². The third-order valence-electron chi connectivity index (χ3n) is 5.87. The second kappa shape index (κ2) is 8.57. The van der Waals surface area contributed by atoms with Gasteiger partial charge in [-0.15, -0.1) is 0 Å². The van der Waals surface area contributed by atoms with Crippen molar-refractivity contribution >= 4 is 34.2 Å². The van der Waals surface area contributed by atoms with E-state index in [1.54, 1.807) is 0 Å². The van der Waals surface area contributed by atoms with Crippen molar-refractivity contribution in [3.63, 3.8) is 0 Å². The maximum Gasteiger partial charge on any atom is 0.309 e. The van der Waals surface area contributed by atoms with Crippen molar-refractivity contribution < 1.29 is 13.9 Å². The van der Waals surface area contributed by atoms with Crippen LogP contribution in [0, 0.1) is 12.8 Å². The Kier molecular flexibility index (Phi) is 5.87. The molecule has 3 aromatic rings. The van der Waals surface area contributed by atoms with Crippen molar-refractivity contribution in [3.8, 4) is 11.1 Å². The summed E-state index contributed by atoms with van der Waals surface area (Å²) in [6, 6.07) is 14.1. The highest BCUT2D eigenvalue weighted by Gasteiger charge is 2.28. The van der Waals surface area contributed by atoms with Crippen LogP contribution in [0.4, 0.5) is 0 Å². The number of aryl methyl sites for hydroxylation is 1. The minimum atomic E-state index is -0.0857. The highest BCUT2D eigenvalue weighted by molar-refractivity contribution is 6.30. The van der Waals surface area contributed by atoms with Gasteiger partial charge in [0.1, 0.15) is 5.58 Å². The molecule has 1 saturated heterocycles. The summed E-state index contributed by atoms with van der Waals surface area (Å²) < 4.78 is 11.4. The molecule has 0 atom stereocenters. The smallest absolute Gasteiger partial charge is 0.309 e. The van der Waals surface area contributed by atoms with E-state index in [0.717, 1.165) is 70.1 Å². The van der Waals surface area contributed by atoms with Crippen LogP contribution in [0.5, 0.6) is 0 Å². The Hall–Kier alpha value is -2.72. The monoisotopic (exact) mass is 423 g/mol. The summed E-state index contributed by atoms with van der Waals surface area (Å²) in [6.45, 7) is 10.2. The molecule has 2 heterocycles. The molecule has 4 rings (SSSR count). The summed E-state index contributed by atoms with van der Waals surface area (Å²) >= 11 is 6.01. The number of hydrogen-bond acceptors (Lipinski definition) is 4. The Morgan fingerprint density at radius 3 is 2.50 bits per heavy atom. The van der Waals surface area contributed by atoms with E-state index in [-0.39, 0.29) is 11.9 Å². The molecule has 1 aromatic heterocycles. The first-order valence-corrected chi connectivity index (χ1v) is 10.8. The Balaban J connectivity index is 1.54. The van der Waals surface area contributed by atoms with E-state index >= 15 is 0 Å². The minimum absolute atomic E-state index is 0.0206. The number of rotatable bonds is 5. The first-order chi connectivity index (χ1) is 14.5. The Bertz CT molecular complexity index is 1080. The Morgan fingerprint density at radius 1 is 1.17 bits per heavy atom. The third kappa shape index (κ3) is 3.97. The molecule has 1 aliphatic heterocycles. The van der Waals surface area contributed by atoms with E-state index in [4.69, 9.17) is 20.8 Å². The fourth-order valence-electron chi connectivity index (χ4n) is 4.11. The lowest BCUT2D eigenvalue weighted by molar-refractivity contribution is -0.149. The van der Waals surface area contributed by atoms with Crippen LogP contribution in [0.1, 0.15) is 31.1 Å². The molecule has 1 fully saturated rings. The molecule has 0 N–H and O–H groups in total. The second-order valence-electron chi connectivity index (χ2n) is 7.73. The molecule has 1 aliphatic rings. The predicted molar refractivity (Wildman–Crippen MR) is 121 cm³/mol. The van der Waals surface area contributed by atoms with Crippen LogP contribution < -0.4 is 0 Å². The third-order valence-corrected chi connectivity index (χ3v) is 6.13. The molecule has 30 heavy (non-hydrogen) atoms. The van der Waals surface area contributed by atoms with Crippen LogP contribution in [0.2, 0.25) is 5.02 Å². The summed E-state index contributed by atoms with van der Waals surface area (Å²) in [5.41, 5.74) is 4.99. The lowest BCUT2D eigenvalue weighted by atomic mass is 9.96. The molecular weight excluding hydrogens is 398 g/mol. The number of hydrogen-bond donors (Lipinski definition) is 0. The predicted octanol–water partition coefficient (Wildman–Crippen LogP) is 6.31. The van der Waals surface area contributed by atoms with Gasteiger partial charge in [-0.05, 0) is 56.0 Å². The first-order valence-electron chi connectivity index (χ1n) is 10.4. The largest absolute Gasteiger partial charge is 0.466 e. The number of likely N-dealkylation sites (tertiary alicyclic amines) is 1. The molecule has 0 unspecified atom stereocenters. The molecule has 0 spiro atoms. The molecule has 5 heteroatoms. The van der Waals surface area contributed by atoms with Crippen LogP contribution in [0.3, 0.4) is 0 Å². The molecule has 4 nitrogen and oxygen atoms in total. The number of carbonyl (C=O) groups excluding carboxylic acids is 1. The number of piperidine rings is 1. The Morgan fingerprint density at radius 2 is 1.83 bits per heavy atom. The summed E-state index contributed by atoms with van der Waals surface area (Å²) in [7, 11) is 0. The number of fused-ring (bicyclic) bond motifs is 1. The van der Waals surface area contributed by atoms with Gasteiger partial charge in [0.25, 0.3) is 0 Å². The summed E-state index contributed by atoms with van der Waals surface area (Å²) in [5, 5.41) is 1.81. The van der Waals surface area contributed by atoms with Crippen molar-refractivity contribution in [2.24, 2.45) is 5.92 Å². The van der Waals surface area contributed by atoms with Crippen LogP contribution in [0.15, 0.2) is 53.5 Å². The highest BCUT2D eigenvalue weighted by Crippen LogP contribution is 2.35. The summed E-state index contributed by atoms with van der Waals surface area (Å²) in [5.74, 6) is 0.706. The number of furan rings is 1. The van der Waals surface area contributed by atoms with Crippen LogP contribution in [0.25, 0.3) is 27.8 Å². The van der Waals surface area contributed by atoms with Gasteiger partial charge in [-0.3, -0.25) is 4.79 Å². The van der Waals surface area contributed by atoms with Gasteiger partial charge in [-0.1, -0.05) is 42.4 Å². The number of ether oxygens (including phenoxy) is 1. The van der Waals surface area contributed by atoms with Gasteiger partial charge >= 0.3 is 5.97 Å². The quantitative estimate of drug-likeness (QED) is 0.451. The SMILES string of the molecule is C=C(c1oc2cc(-c3ccc(Cl)cc3)ccc2c1C)N1CCC(C(=O)OCC)CC1. The lowest BCUT2D eigenvalue weighted by Gasteiger charge is -2.33. The lowest BCUT2D eigenvalue weighted by Crippen LogP contribution is -2.35. The van der Waals surface area contributed by atoms with Gasteiger partial charge in [-0.25, -0.2) is 0 Å². The molecule has 0 bridgehead atoms. The number of esters is 1. The Labute approximate surface area is 182 Å². The van der Waals surface area contributed by atoms with E-state index in [1.807, 2.05) is 31.2 Å². The van der Waals surface area contributed by atoms with E-state index in [2.05, 4.69) is 36.6 Å². The maximum absolute atomic E-state index is 12.0. The van der Waals surface area contributed by atoms with Gasteiger partial charge in [0, 0.05) is 29.1 Å². The number of carbonyl (C=O) groups is 1. The molecule has 0 aliphatic carbocycles. The molecule has 0 radical (unpaired) electrons. The normalized spacial score (nSPS) is 14.8. The van der Waals surface area contributed by atoms with Crippen LogP contribution in [-0.2, 0) is 9.53 Å². The number of halogens is 1. The van der Waals surface area contributed by atoms with Crippen molar-refractivity contribution in [2.45, 2.75) is 26.7 Å². The van der Waals surface area contributed by atoms with Crippen LogP contribution in [-0.4, -0.2) is 30.6 Å². The zero-order chi connectivity index (χ0) is 21.3. The van der Waals surface area contributed by atoms with E-state index < -0.39 is 0 Å². The van der Waals surface area contributed by atoms with Crippen molar-refractivity contribution in [2.75, 3.05) is 19.7 Å². The van der Waals surface area contributed by atoms with E-state index in [1.165, 1.54) is 0 Å².